The molecule has 126 valence electrons. The number of fused-ring (bicyclic) bond motifs is 1. The number of hydrogen-bond acceptors (Lipinski definition) is 4. The van der Waals surface area contributed by atoms with Crippen molar-refractivity contribution >= 4 is 11.9 Å². The van der Waals surface area contributed by atoms with E-state index in [1.165, 1.54) is 0 Å². The molecule has 2 N–H and O–H groups in total. The summed E-state index contributed by atoms with van der Waals surface area (Å²) < 4.78 is 11.1. The van der Waals surface area contributed by atoms with E-state index in [0.29, 0.717) is 44.1 Å². The van der Waals surface area contributed by atoms with E-state index in [1.54, 1.807) is 0 Å². The molecule has 0 aromatic heterocycles. The number of carbonyl (C=O) groups excluding carboxylic acids is 1. The first-order chi connectivity index (χ1) is 10.9. The summed E-state index contributed by atoms with van der Waals surface area (Å²) in [7, 11) is 0. The smallest absolute Gasteiger partial charge is 0.303 e. The van der Waals surface area contributed by atoms with Gasteiger partial charge in [0.25, 0.3) is 0 Å². The Hall–Kier alpha value is -2.24. The predicted octanol–water partition coefficient (Wildman–Crippen LogP) is 2.11. The van der Waals surface area contributed by atoms with E-state index in [-0.39, 0.29) is 12.3 Å². The Balaban J connectivity index is 1.94. The maximum absolute atomic E-state index is 12.4. The molecule has 2 rings (SSSR count). The molecule has 6 nitrogen and oxygen atoms in total. The summed E-state index contributed by atoms with van der Waals surface area (Å²) in [5, 5.41) is 11.5. The Morgan fingerprint density at radius 2 is 1.87 bits per heavy atom. The first-order valence-corrected chi connectivity index (χ1v) is 7.81. The predicted molar refractivity (Wildman–Crippen MR) is 85.0 cm³/mol. The summed E-state index contributed by atoms with van der Waals surface area (Å²) in [6.07, 6.45) is 1.33. The van der Waals surface area contributed by atoms with Gasteiger partial charge in [-0.2, -0.15) is 0 Å². The molecule has 1 aliphatic heterocycles. The van der Waals surface area contributed by atoms with Gasteiger partial charge in [0.05, 0.1) is 5.41 Å². The highest BCUT2D eigenvalue weighted by Crippen LogP contribution is 2.35. The summed E-state index contributed by atoms with van der Waals surface area (Å²) >= 11 is 0. The van der Waals surface area contributed by atoms with E-state index < -0.39 is 11.4 Å². The Labute approximate surface area is 135 Å². The lowest BCUT2D eigenvalue weighted by molar-refractivity contribution is -0.137. The van der Waals surface area contributed by atoms with E-state index in [9.17, 15) is 9.59 Å². The van der Waals surface area contributed by atoms with Gasteiger partial charge in [-0.3, -0.25) is 9.59 Å². The van der Waals surface area contributed by atoms with Crippen LogP contribution >= 0.6 is 0 Å². The number of rotatable bonds is 7. The van der Waals surface area contributed by atoms with E-state index >= 15 is 0 Å². The molecule has 0 saturated heterocycles. The largest absolute Gasteiger partial charge is 0.486 e. The zero-order chi connectivity index (χ0) is 16.9. The maximum Gasteiger partial charge on any atom is 0.303 e. The number of hydrogen-bond donors (Lipinski definition) is 2. The zero-order valence-electron chi connectivity index (χ0n) is 13.6. The van der Waals surface area contributed by atoms with Crippen LogP contribution in [0.3, 0.4) is 0 Å². The van der Waals surface area contributed by atoms with Crippen molar-refractivity contribution < 1.29 is 24.2 Å². The summed E-state index contributed by atoms with van der Waals surface area (Å²) in [4.78, 5) is 22.9. The number of ether oxygens (including phenoxy) is 2. The lowest BCUT2D eigenvalue weighted by Gasteiger charge is -2.26. The number of benzene rings is 1. The third-order valence-corrected chi connectivity index (χ3v) is 3.93. The van der Waals surface area contributed by atoms with E-state index in [0.717, 1.165) is 5.56 Å². The number of nitrogens with one attached hydrogen (secondary N) is 1. The maximum atomic E-state index is 12.4. The molecule has 1 aliphatic rings. The van der Waals surface area contributed by atoms with E-state index in [1.807, 2.05) is 32.0 Å². The molecule has 0 atom stereocenters. The first-order valence-electron chi connectivity index (χ1n) is 7.81. The molecule has 23 heavy (non-hydrogen) atoms. The lowest BCUT2D eigenvalue weighted by atomic mass is 9.83. The van der Waals surface area contributed by atoms with Gasteiger partial charge < -0.3 is 19.9 Å². The second kappa shape index (κ2) is 7.35. The van der Waals surface area contributed by atoms with Crippen molar-refractivity contribution in [3.05, 3.63) is 23.8 Å². The molecule has 1 aromatic rings. The molecular weight excluding hydrogens is 298 g/mol. The summed E-state index contributed by atoms with van der Waals surface area (Å²) in [6, 6.07) is 5.54. The fourth-order valence-electron chi connectivity index (χ4n) is 2.39. The van der Waals surface area contributed by atoms with Crippen LogP contribution in [0.25, 0.3) is 0 Å². The molecule has 0 fully saturated rings. The summed E-state index contributed by atoms with van der Waals surface area (Å²) in [6.45, 7) is 5.22. The van der Waals surface area contributed by atoms with Crippen LogP contribution in [0.4, 0.5) is 0 Å². The summed E-state index contributed by atoms with van der Waals surface area (Å²) in [5.74, 6) is 0.457. The van der Waals surface area contributed by atoms with Gasteiger partial charge >= 0.3 is 5.97 Å². The van der Waals surface area contributed by atoms with Crippen molar-refractivity contribution in [3.63, 3.8) is 0 Å². The molecule has 1 heterocycles. The number of aliphatic carboxylic acids is 1. The second-order valence-corrected chi connectivity index (χ2v) is 6.09. The third-order valence-electron chi connectivity index (χ3n) is 3.93. The molecule has 6 heteroatoms. The molecule has 0 radical (unpaired) electrons. The minimum absolute atomic E-state index is 0.0931. The number of carboxylic acid groups (broad SMARTS) is 1. The van der Waals surface area contributed by atoms with Gasteiger partial charge in [0.15, 0.2) is 11.5 Å². The topological polar surface area (TPSA) is 84.9 Å². The molecular formula is C17H23NO5. The fraction of sp³-hybridized carbons (Fsp3) is 0.529. The molecule has 0 aliphatic carbocycles. The van der Waals surface area contributed by atoms with Gasteiger partial charge in [-0.1, -0.05) is 6.07 Å². The molecule has 0 spiro atoms. The van der Waals surface area contributed by atoms with Crippen LogP contribution in [-0.2, 0) is 15.0 Å². The van der Waals surface area contributed by atoms with E-state index in [2.05, 4.69) is 5.32 Å². The van der Waals surface area contributed by atoms with Crippen molar-refractivity contribution in [2.75, 3.05) is 19.8 Å². The fourth-order valence-corrected chi connectivity index (χ4v) is 2.39. The number of unbranched alkanes of at least 4 members (excludes halogenated alkanes) is 1. The second-order valence-electron chi connectivity index (χ2n) is 6.09. The Morgan fingerprint density at radius 3 is 2.57 bits per heavy atom. The van der Waals surface area contributed by atoms with Crippen molar-refractivity contribution in [1.29, 1.82) is 0 Å². The van der Waals surface area contributed by atoms with Crippen LogP contribution in [0.2, 0.25) is 0 Å². The Bertz CT molecular complexity index is 582. The highest BCUT2D eigenvalue weighted by molar-refractivity contribution is 5.87. The van der Waals surface area contributed by atoms with Crippen LogP contribution in [0, 0.1) is 0 Å². The Kier molecular flexibility index (Phi) is 5.47. The lowest BCUT2D eigenvalue weighted by Crippen LogP contribution is -2.40. The number of amides is 1. The SMILES string of the molecule is CC(C)(C(=O)NCCCCC(=O)O)c1ccc2c(c1)OCCO2. The zero-order valence-corrected chi connectivity index (χ0v) is 13.6. The minimum Gasteiger partial charge on any atom is -0.486 e. The molecule has 0 bridgehead atoms. The van der Waals surface area contributed by atoms with Crippen molar-refractivity contribution in [2.24, 2.45) is 0 Å². The summed E-state index contributed by atoms with van der Waals surface area (Å²) in [5.41, 5.74) is 0.146. The van der Waals surface area contributed by atoms with Crippen LogP contribution < -0.4 is 14.8 Å². The van der Waals surface area contributed by atoms with Gasteiger partial charge in [0.2, 0.25) is 5.91 Å². The number of carbonyl (C=O) groups is 2. The van der Waals surface area contributed by atoms with Gasteiger partial charge in [0.1, 0.15) is 13.2 Å². The van der Waals surface area contributed by atoms with Crippen LogP contribution in [0.5, 0.6) is 11.5 Å². The average Bonchev–Trinajstić information content (AvgIpc) is 2.53. The van der Waals surface area contributed by atoms with Gasteiger partial charge in [-0.05, 0) is 44.4 Å². The minimum atomic E-state index is -0.812. The molecule has 0 saturated carbocycles. The van der Waals surface area contributed by atoms with E-state index in [4.69, 9.17) is 14.6 Å². The van der Waals surface area contributed by atoms with Crippen LogP contribution in [-0.4, -0.2) is 36.7 Å². The molecule has 0 unspecified atom stereocenters. The number of carboxylic acids is 1. The van der Waals surface area contributed by atoms with Crippen molar-refractivity contribution in [1.82, 2.24) is 5.32 Å². The third kappa shape index (κ3) is 4.37. The van der Waals surface area contributed by atoms with Gasteiger partial charge in [-0.25, -0.2) is 0 Å². The van der Waals surface area contributed by atoms with Gasteiger partial charge in [0, 0.05) is 13.0 Å². The Morgan fingerprint density at radius 1 is 1.17 bits per heavy atom. The van der Waals surface area contributed by atoms with Crippen molar-refractivity contribution in [2.45, 2.75) is 38.5 Å². The van der Waals surface area contributed by atoms with Crippen molar-refractivity contribution in [3.8, 4) is 11.5 Å². The normalized spacial score (nSPS) is 13.5. The molecule has 1 aromatic carbocycles. The van der Waals surface area contributed by atoms with Gasteiger partial charge in [-0.15, -0.1) is 0 Å². The average molecular weight is 321 g/mol. The highest BCUT2D eigenvalue weighted by atomic mass is 16.6. The standard InChI is InChI=1S/C17H23NO5/c1-17(2,16(21)18-8-4-3-5-15(19)20)12-6-7-13-14(11-12)23-10-9-22-13/h6-7,11H,3-5,8-10H2,1-2H3,(H,18,21)(H,19,20). The van der Waals surface area contributed by atoms with Crippen LogP contribution in [0.1, 0.15) is 38.7 Å². The van der Waals surface area contributed by atoms with Crippen LogP contribution in [0.15, 0.2) is 18.2 Å². The molecule has 1 amide bonds. The highest BCUT2D eigenvalue weighted by Gasteiger charge is 2.30. The first kappa shape index (κ1) is 17.1. The monoisotopic (exact) mass is 321 g/mol. The quantitative estimate of drug-likeness (QED) is 0.751.